The number of carbonyl (C=O) groups excluding carboxylic acids is 4. The quantitative estimate of drug-likeness (QED) is 0.646. The highest BCUT2D eigenvalue weighted by molar-refractivity contribution is 7.17. The number of aryl methyl sites for hydroxylation is 2. The summed E-state index contributed by atoms with van der Waals surface area (Å²) in [7, 11) is 0. The molecule has 0 saturated heterocycles. The third-order valence-electron chi connectivity index (χ3n) is 4.99. The van der Waals surface area contributed by atoms with Crippen molar-refractivity contribution in [3.63, 3.8) is 0 Å². The van der Waals surface area contributed by atoms with Crippen LogP contribution in [0.25, 0.3) is 0 Å². The second kappa shape index (κ2) is 7.67. The second-order valence-corrected chi connectivity index (χ2v) is 8.08. The first kappa shape index (κ1) is 19.1. The van der Waals surface area contributed by atoms with Crippen LogP contribution in [0.5, 0.6) is 0 Å². The maximum atomic E-state index is 12.3. The van der Waals surface area contributed by atoms with Crippen molar-refractivity contribution in [1.29, 1.82) is 0 Å². The van der Waals surface area contributed by atoms with E-state index in [2.05, 4.69) is 10.6 Å². The van der Waals surface area contributed by atoms with E-state index >= 15 is 0 Å². The summed E-state index contributed by atoms with van der Waals surface area (Å²) in [5.74, 6) is -1.80. The van der Waals surface area contributed by atoms with Crippen LogP contribution < -0.4 is 16.4 Å². The Balaban J connectivity index is 1.39. The summed E-state index contributed by atoms with van der Waals surface area (Å²) in [5.41, 5.74) is 8.58. The summed E-state index contributed by atoms with van der Waals surface area (Å²) in [6.45, 7) is -0.479. The Hall–Kier alpha value is -3.20. The molecule has 0 bridgehead atoms. The summed E-state index contributed by atoms with van der Waals surface area (Å²) in [6, 6.07) is 4.85. The van der Waals surface area contributed by atoms with Crippen LogP contribution in [0.2, 0.25) is 0 Å². The zero-order valence-electron chi connectivity index (χ0n) is 15.5. The van der Waals surface area contributed by atoms with Crippen LogP contribution in [0, 0.1) is 0 Å². The van der Waals surface area contributed by atoms with Crippen molar-refractivity contribution in [2.75, 3.05) is 17.2 Å². The molecular formula is C20H19N3O5S. The van der Waals surface area contributed by atoms with Crippen LogP contribution in [-0.4, -0.2) is 30.3 Å². The van der Waals surface area contributed by atoms with Crippen molar-refractivity contribution in [3.05, 3.63) is 45.3 Å². The molecule has 4 N–H and O–H groups in total. The topological polar surface area (TPSA) is 128 Å². The normalized spacial score (nSPS) is 14.6. The zero-order chi connectivity index (χ0) is 20.5. The number of hydrogen-bond acceptors (Lipinski definition) is 6. The Bertz CT molecular complexity index is 1040. The van der Waals surface area contributed by atoms with Gasteiger partial charge in [0.05, 0.1) is 11.1 Å². The van der Waals surface area contributed by atoms with Crippen molar-refractivity contribution >= 4 is 45.7 Å². The van der Waals surface area contributed by atoms with Gasteiger partial charge in [-0.3, -0.25) is 14.4 Å². The predicted octanol–water partition coefficient (Wildman–Crippen LogP) is 2.02. The van der Waals surface area contributed by atoms with Gasteiger partial charge in [-0.2, -0.15) is 0 Å². The molecular weight excluding hydrogens is 394 g/mol. The number of amides is 3. The largest absolute Gasteiger partial charge is 0.452 e. The van der Waals surface area contributed by atoms with E-state index in [4.69, 9.17) is 10.5 Å². The minimum atomic E-state index is -0.636. The van der Waals surface area contributed by atoms with Crippen molar-refractivity contribution in [2.24, 2.45) is 5.73 Å². The Kier molecular flexibility index (Phi) is 5.06. The van der Waals surface area contributed by atoms with Gasteiger partial charge in [-0.25, -0.2) is 4.79 Å². The van der Waals surface area contributed by atoms with Gasteiger partial charge < -0.3 is 21.1 Å². The fourth-order valence-corrected chi connectivity index (χ4v) is 4.95. The molecule has 0 unspecified atom stereocenters. The van der Waals surface area contributed by atoms with Gasteiger partial charge in [-0.1, -0.05) is 0 Å². The number of primary amides is 1. The molecule has 0 atom stereocenters. The number of carbonyl (C=O) groups is 4. The predicted molar refractivity (Wildman–Crippen MR) is 107 cm³/mol. The minimum absolute atomic E-state index is 0.0561. The maximum Gasteiger partial charge on any atom is 0.338 e. The number of anilines is 2. The highest BCUT2D eigenvalue weighted by Crippen LogP contribution is 2.38. The SMILES string of the molecule is NC(=O)c1c(NC(=O)COC(=O)c2ccc3c(c2)CCC(=O)N3)sc2c1CCC2. The first-order valence-electron chi connectivity index (χ1n) is 9.26. The van der Waals surface area contributed by atoms with Gasteiger partial charge in [-0.05, 0) is 55.0 Å². The average Bonchev–Trinajstić information content (AvgIpc) is 3.26. The van der Waals surface area contributed by atoms with Crippen molar-refractivity contribution in [2.45, 2.75) is 32.1 Å². The van der Waals surface area contributed by atoms with E-state index in [0.717, 1.165) is 35.3 Å². The number of ether oxygens (including phenoxy) is 1. The molecule has 1 aromatic heterocycles. The maximum absolute atomic E-state index is 12.3. The summed E-state index contributed by atoms with van der Waals surface area (Å²) >= 11 is 1.34. The molecule has 0 radical (unpaired) electrons. The number of nitrogens with one attached hydrogen (secondary N) is 2. The van der Waals surface area contributed by atoms with E-state index in [-0.39, 0.29) is 5.91 Å². The summed E-state index contributed by atoms with van der Waals surface area (Å²) < 4.78 is 5.10. The van der Waals surface area contributed by atoms with Crippen LogP contribution in [0.1, 0.15) is 49.6 Å². The van der Waals surface area contributed by atoms with Crippen molar-refractivity contribution in [1.82, 2.24) is 0 Å². The molecule has 3 amide bonds. The molecule has 0 saturated carbocycles. The highest BCUT2D eigenvalue weighted by Gasteiger charge is 2.26. The molecule has 8 nitrogen and oxygen atoms in total. The summed E-state index contributed by atoms with van der Waals surface area (Å²) in [6.07, 6.45) is 3.51. The summed E-state index contributed by atoms with van der Waals surface area (Å²) in [5, 5.41) is 5.79. The van der Waals surface area contributed by atoms with Gasteiger partial charge in [-0.15, -0.1) is 11.3 Å². The molecule has 29 heavy (non-hydrogen) atoms. The monoisotopic (exact) mass is 413 g/mol. The molecule has 4 rings (SSSR count). The standard InChI is InChI=1S/C20H19N3O5S/c21-18(26)17-12-2-1-3-14(12)29-19(17)23-16(25)9-28-20(27)11-4-6-13-10(8-11)5-7-15(24)22-13/h4,6,8H,1-3,5,7,9H2,(H2,21,26)(H,22,24)(H,23,25). The average molecular weight is 413 g/mol. The van der Waals surface area contributed by atoms with E-state index in [1.165, 1.54) is 11.3 Å². The number of esters is 1. The second-order valence-electron chi connectivity index (χ2n) is 6.97. The Morgan fingerprint density at radius 1 is 1.17 bits per heavy atom. The van der Waals surface area contributed by atoms with Gasteiger partial charge in [0, 0.05) is 17.0 Å². The first-order valence-corrected chi connectivity index (χ1v) is 10.1. The lowest BCUT2D eigenvalue weighted by Gasteiger charge is -2.17. The van der Waals surface area contributed by atoms with Crippen LogP contribution in [0.3, 0.4) is 0 Å². The molecule has 0 fully saturated rings. The number of benzene rings is 1. The van der Waals surface area contributed by atoms with Gasteiger partial charge in [0.1, 0.15) is 5.00 Å². The van der Waals surface area contributed by atoms with Crippen LogP contribution in [0.4, 0.5) is 10.7 Å². The van der Waals surface area contributed by atoms with E-state index in [9.17, 15) is 19.2 Å². The van der Waals surface area contributed by atoms with Gasteiger partial charge in [0.2, 0.25) is 5.91 Å². The fourth-order valence-electron chi connectivity index (χ4n) is 3.64. The third-order valence-corrected chi connectivity index (χ3v) is 6.20. The minimum Gasteiger partial charge on any atom is -0.452 e. The zero-order valence-corrected chi connectivity index (χ0v) is 16.3. The molecule has 2 aliphatic rings. The molecule has 2 aromatic rings. The van der Waals surface area contributed by atoms with Crippen LogP contribution in [-0.2, 0) is 33.6 Å². The number of thiophene rings is 1. The fraction of sp³-hybridized carbons (Fsp3) is 0.300. The van der Waals surface area contributed by atoms with E-state index in [1.807, 2.05) is 0 Å². The number of rotatable bonds is 5. The highest BCUT2D eigenvalue weighted by atomic mass is 32.1. The molecule has 1 aliphatic heterocycles. The lowest BCUT2D eigenvalue weighted by molar-refractivity contribution is -0.119. The smallest absolute Gasteiger partial charge is 0.338 e. The van der Waals surface area contributed by atoms with Crippen LogP contribution >= 0.6 is 11.3 Å². The van der Waals surface area contributed by atoms with Crippen LogP contribution in [0.15, 0.2) is 18.2 Å². The molecule has 1 aliphatic carbocycles. The molecule has 1 aromatic carbocycles. The first-order chi connectivity index (χ1) is 13.9. The number of nitrogens with two attached hydrogens (primary N) is 1. The molecule has 2 heterocycles. The molecule has 9 heteroatoms. The summed E-state index contributed by atoms with van der Waals surface area (Å²) in [4.78, 5) is 48.8. The lowest BCUT2D eigenvalue weighted by Crippen LogP contribution is -2.23. The van der Waals surface area contributed by atoms with E-state index in [1.54, 1.807) is 18.2 Å². The lowest BCUT2D eigenvalue weighted by atomic mass is 10.0. The van der Waals surface area contributed by atoms with E-state index in [0.29, 0.717) is 34.7 Å². The Labute approximate surface area is 170 Å². The molecule has 150 valence electrons. The Morgan fingerprint density at radius 2 is 2.00 bits per heavy atom. The van der Waals surface area contributed by atoms with E-state index < -0.39 is 24.4 Å². The number of fused-ring (bicyclic) bond motifs is 2. The van der Waals surface area contributed by atoms with Gasteiger partial charge in [0.25, 0.3) is 11.8 Å². The third kappa shape index (κ3) is 3.86. The van der Waals surface area contributed by atoms with Crippen molar-refractivity contribution < 1.29 is 23.9 Å². The van der Waals surface area contributed by atoms with Crippen molar-refractivity contribution in [3.8, 4) is 0 Å². The van der Waals surface area contributed by atoms with Gasteiger partial charge >= 0.3 is 5.97 Å². The Morgan fingerprint density at radius 3 is 2.79 bits per heavy atom. The van der Waals surface area contributed by atoms with Gasteiger partial charge in [0.15, 0.2) is 6.61 Å². The number of hydrogen-bond donors (Lipinski definition) is 3. The molecule has 0 spiro atoms.